The molecule has 1 saturated heterocycles. The van der Waals surface area contributed by atoms with Gasteiger partial charge in [-0.2, -0.15) is 13.2 Å². The van der Waals surface area contributed by atoms with Crippen LogP contribution >= 0.6 is 11.8 Å². The second-order valence-electron chi connectivity index (χ2n) is 5.80. The molecule has 1 amide bonds. The molecule has 142 valence electrons. The Hall–Kier alpha value is -1.30. The van der Waals surface area contributed by atoms with E-state index in [1.54, 1.807) is 13.8 Å². The Balaban J connectivity index is 2.11. The first kappa shape index (κ1) is 20.0. The highest BCUT2D eigenvalue weighted by Gasteiger charge is 2.39. The maximum atomic E-state index is 12.8. The second kappa shape index (κ2) is 7.14. The van der Waals surface area contributed by atoms with Crippen molar-refractivity contribution in [2.24, 2.45) is 7.05 Å². The SMILES string of the molecule is CCN(C(=O)[C@@H](C)Sc1nnc(C(F)(F)F)n1C)[C@@H]1CCS(=O)(=O)C1. The monoisotopic (exact) mass is 400 g/mol. The average Bonchev–Trinajstić information content (AvgIpc) is 3.02. The standard InChI is InChI=1S/C13H19F3N4O3S2/c1-4-20(9-5-6-25(22,23)7-9)10(21)8(2)24-12-18-17-11(19(12)3)13(14,15)16/h8-9H,4-7H2,1-3H3/t8-,9-/m1/s1. The first-order chi connectivity index (χ1) is 11.5. The molecule has 12 heteroatoms. The molecule has 2 atom stereocenters. The fraction of sp³-hybridized carbons (Fsp3) is 0.769. The quantitative estimate of drug-likeness (QED) is 0.694. The molecule has 1 aromatic heterocycles. The summed E-state index contributed by atoms with van der Waals surface area (Å²) in [5.41, 5.74) is 0. The molecule has 0 aliphatic carbocycles. The van der Waals surface area contributed by atoms with Crippen LogP contribution in [0.4, 0.5) is 13.2 Å². The maximum absolute atomic E-state index is 12.8. The van der Waals surface area contributed by atoms with Crippen LogP contribution in [-0.2, 0) is 27.9 Å². The number of sulfone groups is 1. The third kappa shape index (κ3) is 4.46. The Bertz CT molecular complexity index is 748. The predicted molar refractivity (Wildman–Crippen MR) is 85.8 cm³/mol. The van der Waals surface area contributed by atoms with Crippen molar-refractivity contribution in [3.63, 3.8) is 0 Å². The molecule has 25 heavy (non-hydrogen) atoms. The van der Waals surface area contributed by atoms with Crippen LogP contribution < -0.4 is 0 Å². The Labute approximate surface area is 147 Å². The fourth-order valence-corrected chi connectivity index (χ4v) is 5.34. The molecule has 0 unspecified atom stereocenters. The minimum atomic E-state index is -4.62. The van der Waals surface area contributed by atoms with E-state index >= 15 is 0 Å². The number of alkyl halides is 3. The van der Waals surface area contributed by atoms with Gasteiger partial charge in [0, 0.05) is 19.6 Å². The van der Waals surface area contributed by atoms with E-state index in [0.717, 1.165) is 16.3 Å². The van der Waals surface area contributed by atoms with Gasteiger partial charge in [-0.15, -0.1) is 10.2 Å². The van der Waals surface area contributed by atoms with E-state index in [-0.39, 0.29) is 22.6 Å². The molecule has 0 aromatic carbocycles. The molecule has 0 N–H and O–H groups in total. The minimum Gasteiger partial charge on any atom is -0.338 e. The zero-order valence-corrected chi connectivity index (χ0v) is 15.6. The van der Waals surface area contributed by atoms with Gasteiger partial charge in [0.05, 0.1) is 16.8 Å². The second-order valence-corrected chi connectivity index (χ2v) is 9.34. The molecule has 0 radical (unpaired) electrons. The third-order valence-electron chi connectivity index (χ3n) is 3.99. The molecular weight excluding hydrogens is 381 g/mol. The van der Waals surface area contributed by atoms with Crippen molar-refractivity contribution in [1.82, 2.24) is 19.7 Å². The van der Waals surface area contributed by atoms with Gasteiger partial charge in [0.25, 0.3) is 0 Å². The molecule has 1 fully saturated rings. The van der Waals surface area contributed by atoms with Crippen LogP contribution in [0.1, 0.15) is 26.1 Å². The van der Waals surface area contributed by atoms with E-state index in [1.165, 1.54) is 11.9 Å². The normalized spacial score (nSPS) is 21.3. The Morgan fingerprint density at radius 2 is 2.08 bits per heavy atom. The zero-order chi connectivity index (χ0) is 19.0. The molecule has 7 nitrogen and oxygen atoms in total. The molecule has 2 heterocycles. The number of halogens is 3. The summed E-state index contributed by atoms with van der Waals surface area (Å²) < 4.78 is 62.3. The largest absolute Gasteiger partial charge is 0.451 e. The Kier molecular flexibility index (Phi) is 5.71. The van der Waals surface area contributed by atoms with Crippen molar-refractivity contribution < 1.29 is 26.4 Å². The molecular formula is C13H19F3N4O3S2. The number of nitrogens with zero attached hydrogens (tertiary/aromatic N) is 4. The molecule has 0 spiro atoms. The number of hydrogen-bond acceptors (Lipinski definition) is 6. The van der Waals surface area contributed by atoms with E-state index in [2.05, 4.69) is 10.2 Å². The van der Waals surface area contributed by atoms with Crippen LogP contribution in [0.2, 0.25) is 0 Å². The lowest BCUT2D eigenvalue weighted by Crippen LogP contribution is -2.44. The highest BCUT2D eigenvalue weighted by molar-refractivity contribution is 8.00. The van der Waals surface area contributed by atoms with Gasteiger partial charge in [0.15, 0.2) is 15.0 Å². The van der Waals surface area contributed by atoms with E-state index < -0.39 is 33.1 Å². The van der Waals surface area contributed by atoms with Gasteiger partial charge in [0.1, 0.15) is 0 Å². The number of hydrogen-bond donors (Lipinski definition) is 0. The summed E-state index contributed by atoms with van der Waals surface area (Å²) in [6, 6.07) is -0.393. The summed E-state index contributed by atoms with van der Waals surface area (Å²) in [5, 5.41) is 5.88. The number of aromatic nitrogens is 3. The maximum Gasteiger partial charge on any atom is 0.451 e. The van der Waals surface area contributed by atoms with E-state index in [1.807, 2.05) is 0 Å². The highest BCUT2D eigenvalue weighted by Crippen LogP contribution is 2.31. The lowest BCUT2D eigenvalue weighted by atomic mass is 10.2. The summed E-state index contributed by atoms with van der Waals surface area (Å²) >= 11 is 0.866. The van der Waals surface area contributed by atoms with Crippen LogP contribution in [0, 0.1) is 0 Å². The number of rotatable bonds is 5. The van der Waals surface area contributed by atoms with Gasteiger partial charge in [0.2, 0.25) is 11.7 Å². The van der Waals surface area contributed by atoms with Gasteiger partial charge >= 0.3 is 6.18 Å². The molecule has 1 aliphatic rings. The molecule has 0 bridgehead atoms. The van der Waals surface area contributed by atoms with E-state index in [9.17, 15) is 26.4 Å². The van der Waals surface area contributed by atoms with Gasteiger partial charge in [-0.1, -0.05) is 11.8 Å². The van der Waals surface area contributed by atoms with Crippen molar-refractivity contribution in [2.75, 3.05) is 18.1 Å². The lowest BCUT2D eigenvalue weighted by molar-refractivity contribution is -0.147. The first-order valence-corrected chi connectivity index (χ1v) is 10.3. The molecule has 1 aromatic rings. The number of thioether (sulfide) groups is 1. The summed E-state index contributed by atoms with van der Waals surface area (Å²) in [7, 11) is -1.96. The van der Waals surface area contributed by atoms with Crippen LogP contribution in [0.25, 0.3) is 0 Å². The predicted octanol–water partition coefficient (Wildman–Crippen LogP) is 1.35. The first-order valence-electron chi connectivity index (χ1n) is 7.60. The third-order valence-corrected chi connectivity index (χ3v) is 6.86. The molecule has 1 aliphatic heterocycles. The van der Waals surface area contributed by atoms with Crippen molar-refractivity contribution in [1.29, 1.82) is 0 Å². The van der Waals surface area contributed by atoms with Gasteiger partial charge in [-0.25, -0.2) is 8.42 Å². The lowest BCUT2D eigenvalue weighted by Gasteiger charge is -2.29. The van der Waals surface area contributed by atoms with Crippen molar-refractivity contribution in [3.8, 4) is 0 Å². The molecule has 2 rings (SSSR count). The highest BCUT2D eigenvalue weighted by atomic mass is 32.2. The number of amides is 1. The van der Waals surface area contributed by atoms with Crippen molar-refractivity contribution >= 4 is 27.5 Å². The van der Waals surface area contributed by atoms with Crippen LogP contribution in [0.3, 0.4) is 0 Å². The minimum absolute atomic E-state index is 0.0247. The fourth-order valence-electron chi connectivity index (χ4n) is 2.72. The Morgan fingerprint density at radius 1 is 1.44 bits per heavy atom. The molecule has 0 saturated carbocycles. The summed E-state index contributed by atoms with van der Waals surface area (Å²) in [4.78, 5) is 14.1. The van der Waals surface area contributed by atoms with Crippen LogP contribution in [-0.4, -0.2) is 63.3 Å². The van der Waals surface area contributed by atoms with Gasteiger partial charge in [-0.3, -0.25) is 4.79 Å². The van der Waals surface area contributed by atoms with Crippen LogP contribution in [0.5, 0.6) is 0 Å². The summed E-state index contributed by atoms with van der Waals surface area (Å²) in [6.45, 7) is 3.63. The summed E-state index contributed by atoms with van der Waals surface area (Å²) in [5.74, 6) is -1.50. The summed E-state index contributed by atoms with van der Waals surface area (Å²) in [6.07, 6.45) is -4.25. The Morgan fingerprint density at radius 3 is 2.52 bits per heavy atom. The van der Waals surface area contributed by atoms with Gasteiger partial charge < -0.3 is 9.47 Å². The number of carbonyl (C=O) groups excluding carboxylic acids is 1. The topological polar surface area (TPSA) is 85.2 Å². The van der Waals surface area contributed by atoms with Crippen LogP contribution in [0.15, 0.2) is 5.16 Å². The van der Waals surface area contributed by atoms with Gasteiger partial charge in [-0.05, 0) is 20.3 Å². The van der Waals surface area contributed by atoms with E-state index in [0.29, 0.717) is 13.0 Å². The number of carbonyl (C=O) groups is 1. The zero-order valence-electron chi connectivity index (χ0n) is 13.9. The average molecular weight is 400 g/mol. The van der Waals surface area contributed by atoms with Crippen molar-refractivity contribution in [2.45, 2.75) is 42.9 Å². The van der Waals surface area contributed by atoms with E-state index in [4.69, 9.17) is 0 Å². The smallest absolute Gasteiger partial charge is 0.338 e. The van der Waals surface area contributed by atoms with Crippen molar-refractivity contribution in [3.05, 3.63) is 5.82 Å².